The van der Waals surface area contributed by atoms with Gasteiger partial charge in [0.1, 0.15) is 11.6 Å². The molecular formula is C17H23ClN2O5. The van der Waals surface area contributed by atoms with Crippen LogP contribution in [0.4, 0.5) is 10.5 Å². The first-order chi connectivity index (χ1) is 11.8. The Morgan fingerprint density at radius 1 is 1.28 bits per heavy atom. The van der Waals surface area contributed by atoms with E-state index >= 15 is 0 Å². The summed E-state index contributed by atoms with van der Waals surface area (Å²) in [6.07, 6.45) is -0.976. The first-order valence-electron chi connectivity index (χ1n) is 8.13. The Kier molecular flexibility index (Phi) is 6.25. The highest BCUT2D eigenvalue weighted by Crippen LogP contribution is 2.22. The number of hydrogen-bond acceptors (Lipinski definition) is 4. The van der Waals surface area contributed by atoms with Crippen molar-refractivity contribution < 1.29 is 25.6 Å². The van der Waals surface area contributed by atoms with Gasteiger partial charge in [0.05, 0.1) is 11.3 Å². The quantitative estimate of drug-likeness (QED) is 0.734. The fourth-order valence-electron chi connectivity index (χ4n) is 1.93. The molecule has 7 nitrogen and oxygen atoms in total. The molecule has 2 amide bonds. The molecule has 0 saturated heterocycles. The number of alkyl carbamates (subject to hydrolysis) is 1. The van der Waals surface area contributed by atoms with Gasteiger partial charge in [-0.3, -0.25) is 4.79 Å². The summed E-state index contributed by atoms with van der Waals surface area (Å²) < 4.78 is 13.1. The zero-order valence-corrected chi connectivity index (χ0v) is 15.5. The van der Waals surface area contributed by atoms with Crippen LogP contribution in [0.5, 0.6) is 0 Å². The van der Waals surface area contributed by atoms with Crippen molar-refractivity contribution in [3.63, 3.8) is 0 Å². The molecule has 0 heterocycles. The Morgan fingerprint density at radius 3 is 2.36 bits per heavy atom. The highest BCUT2D eigenvalue weighted by Gasteiger charge is 2.27. The van der Waals surface area contributed by atoms with Crippen molar-refractivity contribution in [1.82, 2.24) is 5.31 Å². The van der Waals surface area contributed by atoms with Gasteiger partial charge in [0.2, 0.25) is 5.91 Å². The second-order valence-corrected chi connectivity index (χ2v) is 7.22. The molecule has 1 atom stereocenters. The summed E-state index contributed by atoms with van der Waals surface area (Å²) in [6, 6.07) is 2.75. The Labute approximate surface area is 153 Å². The molecule has 138 valence electrons. The van der Waals surface area contributed by atoms with E-state index in [1.165, 1.54) is 18.2 Å². The molecule has 0 bridgehead atoms. The van der Waals surface area contributed by atoms with Crippen LogP contribution < -0.4 is 10.6 Å². The minimum atomic E-state index is -1.24. The number of hydrogen-bond donors (Lipinski definition) is 3. The van der Waals surface area contributed by atoms with E-state index in [1.54, 1.807) is 34.6 Å². The van der Waals surface area contributed by atoms with E-state index in [0.717, 1.165) is 0 Å². The van der Waals surface area contributed by atoms with Crippen LogP contribution in [-0.2, 0) is 9.53 Å². The lowest BCUT2D eigenvalue weighted by atomic mass is 10.0. The summed E-state index contributed by atoms with van der Waals surface area (Å²) in [5.74, 6) is -2.38. The van der Waals surface area contributed by atoms with Crippen LogP contribution >= 0.6 is 11.6 Å². The summed E-state index contributed by atoms with van der Waals surface area (Å²) >= 11 is 5.87. The molecular weight excluding hydrogens is 348 g/mol. The van der Waals surface area contributed by atoms with Crippen molar-refractivity contribution in [2.75, 3.05) is 5.32 Å². The van der Waals surface area contributed by atoms with E-state index < -0.39 is 35.5 Å². The monoisotopic (exact) mass is 371 g/mol. The molecule has 1 aromatic rings. The van der Waals surface area contributed by atoms with Crippen LogP contribution in [0.25, 0.3) is 0 Å². The molecule has 0 saturated carbocycles. The molecule has 0 aliphatic carbocycles. The standard InChI is InChI=1S/C17H23ClN2O5/c1-9(2)13(20-16(24)25-17(3,4)5)14(21)19-12-8-10(18)6-7-11(12)15(22)23/h6-9,13H,1-5H3,(H,19,21)(H,20,24)(H,22,23)/i/hD. The van der Waals surface area contributed by atoms with Gasteiger partial charge >= 0.3 is 12.1 Å². The van der Waals surface area contributed by atoms with Gasteiger partial charge in [0, 0.05) is 5.02 Å². The number of carbonyl (C=O) groups is 3. The molecule has 25 heavy (non-hydrogen) atoms. The number of amides is 2. The molecule has 1 unspecified atom stereocenters. The fourth-order valence-corrected chi connectivity index (χ4v) is 2.10. The van der Waals surface area contributed by atoms with E-state index in [9.17, 15) is 19.5 Å². The van der Waals surface area contributed by atoms with Crippen molar-refractivity contribution in [2.45, 2.75) is 46.3 Å². The first-order valence-corrected chi connectivity index (χ1v) is 8.06. The summed E-state index contributed by atoms with van der Waals surface area (Å²) in [4.78, 5) is 36.0. The Balaban J connectivity index is 3.09. The smallest absolute Gasteiger partial charge is 0.408 e. The summed E-state index contributed by atoms with van der Waals surface area (Å²) in [7, 11) is 0. The lowest BCUT2D eigenvalue weighted by Gasteiger charge is -2.25. The van der Waals surface area contributed by atoms with Gasteiger partial charge < -0.3 is 20.5 Å². The molecule has 0 spiro atoms. The first kappa shape index (κ1) is 19.1. The highest BCUT2D eigenvalue weighted by atomic mass is 35.5. The third-order valence-electron chi connectivity index (χ3n) is 3.01. The highest BCUT2D eigenvalue weighted by molar-refractivity contribution is 6.31. The predicted octanol–water partition coefficient (Wildman–Crippen LogP) is 3.53. The molecule has 0 aliphatic rings. The van der Waals surface area contributed by atoms with Gasteiger partial charge in [0.15, 0.2) is 1.41 Å². The van der Waals surface area contributed by atoms with Crippen molar-refractivity contribution >= 4 is 35.3 Å². The SMILES string of the molecule is [2H]N(C(=O)OC(C)(C)C)C(C(=O)Nc1cc(Cl)ccc1C(=O)O)C(C)C. The van der Waals surface area contributed by atoms with Crippen LogP contribution in [0.3, 0.4) is 0 Å². The maximum absolute atomic E-state index is 12.6. The van der Waals surface area contributed by atoms with E-state index in [4.69, 9.17) is 17.7 Å². The molecule has 0 aliphatic heterocycles. The number of carboxylic acids is 1. The number of ether oxygens (including phenoxy) is 1. The maximum atomic E-state index is 12.6. The number of halogens is 1. The molecule has 0 radical (unpaired) electrons. The molecule has 3 N–H and O–H groups in total. The zero-order valence-electron chi connectivity index (χ0n) is 15.8. The van der Waals surface area contributed by atoms with Gasteiger partial charge in [-0.15, -0.1) is 0 Å². The lowest BCUT2D eigenvalue weighted by molar-refractivity contribution is -0.119. The number of carboxylic acid groups (broad SMARTS) is 1. The van der Waals surface area contributed by atoms with Crippen molar-refractivity contribution in [2.24, 2.45) is 5.92 Å². The molecule has 1 aromatic carbocycles. The third kappa shape index (κ3) is 6.62. The average Bonchev–Trinajstić information content (AvgIpc) is 2.44. The summed E-state index contributed by atoms with van der Waals surface area (Å²) in [5, 5.41) is 12.4. The number of carbonyl (C=O) groups excluding carboxylic acids is 2. The molecule has 0 fully saturated rings. The molecule has 8 heteroatoms. The Morgan fingerprint density at radius 2 is 1.88 bits per heavy atom. The Bertz CT molecular complexity index is 703. The molecule has 0 aromatic heterocycles. The minimum Gasteiger partial charge on any atom is -0.478 e. The fraction of sp³-hybridized carbons (Fsp3) is 0.471. The topological polar surface area (TPSA) is 105 Å². The van der Waals surface area contributed by atoms with E-state index in [1.807, 2.05) is 0 Å². The van der Waals surface area contributed by atoms with Crippen molar-refractivity contribution in [1.29, 1.82) is 0 Å². The van der Waals surface area contributed by atoms with E-state index in [-0.39, 0.29) is 16.3 Å². The van der Waals surface area contributed by atoms with Gasteiger partial charge in [-0.1, -0.05) is 25.4 Å². The Hall–Kier alpha value is -2.28. The van der Waals surface area contributed by atoms with Gasteiger partial charge in [-0.25, -0.2) is 9.59 Å². The van der Waals surface area contributed by atoms with Crippen LogP contribution in [0.2, 0.25) is 6.43 Å². The number of benzene rings is 1. The van der Waals surface area contributed by atoms with Crippen LogP contribution in [-0.4, -0.2) is 34.7 Å². The van der Waals surface area contributed by atoms with Gasteiger partial charge in [-0.05, 0) is 44.9 Å². The number of nitrogens with one attached hydrogen (secondary N) is 2. The lowest BCUT2D eigenvalue weighted by Crippen LogP contribution is -2.48. The van der Waals surface area contributed by atoms with E-state index in [2.05, 4.69) is 5.32 Å². The second-order valence-electron chi connectivity index (χ2n) is 6.78. The zero-order chi connectivity index (χ0) is 20.2. The third-order valence-corrected chi connectivity index (χ3v) is 3.24. The van der Waals surface area contributed by atoms with Gasteiger partial charge in [-0.2, -0.15) is 0 Å². The van der Waals surface area contributed by atoms with Crippen molar-refractivity contribution in [3.05, 3.63) is 28.8 Å². The normalized spacial score (nSPS) is 13.0. The minimum absolute atomic E-state index is 0.0155. The predicted molar refractivity (Wildman–Crippen MR) is 95.0 cm³/mol. The number of aromatic carboxylic acids is 1. The van der Waals surface area contributed by atoms with E-state index in [0.29, 0.717) is 5.31 Å². The summed E-state index contributed by atoms with van der Waals surface area (Å²) in [6.45, 7) is 8.26. The largest absolute Gasteiger partial charge is 0.478 e. The van der Waals surface area contributed by atoms with Crippen molar-refractivity contribution in [3.8, 4) is 0 Å². The van der Waals surface area contributed by atoms with Gasteiger partial charge in [0.25, 0.3) is 0 Å². The summed E-state index contributed by atoms with van der Waals surface area (Å²) in [5.41, 5.74) is -0.991. The second kappa shape index (κ2) is 8.20. The van der Waals surface area contributed by atoms with Crippen LogP contribution in [0, 0.1) is 5.92 Å². The average molecular weight is 372 g/mol. The number of rotatable bonds is 5. The van der Waals surface area contributed by atoms with Crippen LogP contribution in [0.1, 0.15) is 45.0 Å². The number of anilines is 1. The van der Waals surface area contributed by atoms with Crippen LogP contribution in [0.15, 0.2) is 18.2 Å². The maximum Gasteiger partial charge on any atom is 0.408 e. The molecule has 1 rings (SSSR count).